The summed E-state index contributed by atoms with van der Waals surface area (Å²) >= 11 is 0. The number of carbonyl (C=O) groups is 3. The van der Waals surface area contributed by atoms with Gasteiger partial charge < -0.3 is 14.7 Å². The molecule has 0 aliphatic carbocycles. The van der Waals surface area contributed by atoms with E-state index in [4.69, 9.17) is 4.74 Å². The van der Waals surface area contributed by atoms with Crippen LogP contribution in [0.4, 0.5) is 0 Å². The van der Waals surface area contributed by atoms with Gasteiger partial charge >= 0.3 is 5.97 Å². The van der Waals surface area contributed by atoms with Crippen molar-refractivity contribution in [2.45, 2.75) is 12.6 Å². The minimum absolute atomic E-state index is 0.0166. The highest BCUT2D eigenvalue weighted by molar-refractivity contribution is 6.46. The highest BCUT2D eigenvalue weighted by atomic mass is 16.5. The summed E-state index contributed by atoms with van der Waals surface area (Å²) in [6.45, 7) is 0.195. The number of rotatable bonds is 5. The smallest absolute Gasteiger partial charge is 0.337 e. The molecule has 1 unspecified atom stereocenters. The number of amides is 1. The van der Waals surface area contributed by atoms with Crippen LogP contribution in [-0.4, -0.2) is 34.8 Å². The predicted octanol–water partition coefficient (Wildman–Crippen LogP) is 4.10. The number of carbonyl (C=O) groups excluding carboxylic acids is 3. The summed E-state index contributed by atoms with van der Waals surface area (Å²) in [6.07, 6.45) is 0. The zero-order valence-corrected chi connectivity index (χ0v) is 17.4. The molecule has 1 atom stereocenters. The van der Waals surface area contributed by atoms with E-state index in [-0.39, 0.29) is 17.9 Å². The molecule has 0 saturated carbocycles. The second-order valence-corrected chi connectivity index (χ2v) is 7.39. The SMILES string of the molecule is COC(=O)c1ccc(C2/C(=C(\O)c3ccccc3)C(=O)C(=O)N2Cc2ccccc2)cc1. The van der Waals surface area contributed by atoms with Gasteiger partial charge in [0.1, 0.15) is 5.76 Å². The van der Waals surface area contributed by atoms with Gasteiger partial charge in [0.15, 0.2) is 0 Å². The van der Waals surface area contributed by atoms with E-state index in [9.17, 15) is 19.5 Å². The van der Waals surface area contributed by atoms with Gasteiger partial charge in [0, 0.05) is 12.1 Å². The lowest BCUT2D eigenvalue weighted by Crippen LogP contribution is -2.29. The zero-order chi connectivity index (χ0) is 22.7. The first-order valence-corrected chi connectivity index (χ1v) is 10.1. The Kier molecular flexibility index (Phi) is 5.85. The van der Waals surface area contributed by atoms with E-state index >= 15 is 0 Å². The van der Waals surface area contributed by atoms with Crippen LogP contribution in [0.2, 0.25) is 0 Å². The van der Waals surface area contributed by atoms with Crippen LogP contribution in [0.1, 0.15) is 33.1 Å². The van der Waals surface area contributed by atoms with Crippen molar-refractivity contribution in [3.8, 4) is 0 Å². The average molecular weight is 427 g/mol. The van der Waals surface area contributed by atoms with Crippen molar-refractivity contribution in [1.82, 2.24) is 4.90 Å². The number of hydrogen-bond acceptors (Lipinski definition) is 5. The maximum Gasteiger partial charge on any atom is 0.337 e. The molecule has 0 spiro atoms. The van der Waals surface area contributed by atoms with Gasteiger partial charge in [-0.05, 0) is 23.3 Å². The molecule has 1 aliphatic heterocycles. The fraction of sp³-hybridized carbons (Fsp3) is 0.115. The number of hydrogen-bond donors (Lipinski definition) is 1. The van der Waals surface area contributed by atoms with Gasteiger partial charge in [-0.3, -0.25) is 9.59 Å². The van der Waals surface area contributed by atoms with E-state index in [1.54, 1.807) is 54.6 Å². The molecular formula is C26H21NO5. The van der Waals surface area contributed by atoms with E-state index in [0.717, 1.165) is 5.56 Å². The van der Waals surface area contributed by atoms with Gasteiger partial charge in [-0.15, -0.1) is 0 Å². The van der Waals surface area contributed by atoms with E-state index in [2.05, 4.69) is 0 Å². The fourth-order valence-electron chi connectivity index (χ4n) is 3.84. The van der Waals surface area contributed by atoms with Crippen molar-refractivity contribution in [3.63, 3.8) is 0 Å². The third-order valence-corrected chi connectivity index (χ3v) is 5.43. The minimum Gasteiger partial charge on any atom is -0.507 e. The average Bonchev–Trinajstić information content (AvgIpc) is 3.09. The Morgan fingerprint density at radius 2 is 1.47 bits per heavy atom. The first kappa shape index (κ1) is 21.1. The van der Waals surface area contributed by atoms with Crippen LogP contribution < -0.4 is 0 Å². The van der Waals surface area contributed by atoms with Crippen LogP contribution in [0.25, 0.3) is 5.76 Å². The zero-order valence-electron chi connectivity index (χ0n) is 17.4. The molecule has 32 heavy (non-hydrogen) atoms. The maximum atomic E-state index is 13.0. The molecule has 1 heterocycles. The van der Waals surface area contributed by atoms with Gasteiger partial charge in [0.25, 0.3) is 11.7 Å². The summed E-state index contributed by atoms with van der Waals surface area (Å²) in [5, 5.41) is 11.0. The van der Waals surface area contributed by atoms with Crippen molar-refractivity contribution in [1.29, 1.82) is 0 Å². The number of ketones is 1. The van der Waals surface area contributed by atoms with Crippen molar-refractivity contribution < 1.29 is 24.2 Å². The Morgan fingerprint density at radius 3 is 2.06 bits per heavy atom. The molecule has 6 heteroatoms. The summed E-state index contributed by atoms with van der Waals surface area (Å²) in [7, 11) is 1.30. The van der Waals surface area contributed by atoms with Gasteiger partial charge in [-0.2, -0.15) is 0 Å². The van der Waals surface area contributed by atoms with Crippen molar-refractivity contribution in [2.75, 3.05) is 7.11 Å². The van der Waals surface area contributed by atoms with Crippen molar-refractivity contribution in [2.24, 2.45) is 0 Å². The summed E-state index contributed by atoms with van der Waals surface area (Å²) in [5.41, 5.74) is 2.26. The third kappa shape index (κ3) is 3.90. The van der Waals surface area contributed by atoms with Gasteiger partial charge in [-0.1, -0.05) is 72.8 Å². The number of aliphatic hydroxyl groups excluding tert-OH is 1. The van der Waals surface area contributed by atoms with Gasteiger partial charge in [0.05, 0.1) is 24.3 Å². The molecule has 0 aromatic heterocycles. The Hall–Kier alpha value is -4.19. The highest BCUT2D eigenvalue weighted by Crippen LogP contribution is 2.40. The normalized spacial score (nSPS) is 17.4. The Bertz CT molecular complexity index is 1180. The Labute approximate surface area is 185 Å². The molecule has 3 aromatic carbocycles. The first-order chi connectivity index (χ1) is 15.5. The molecule has 1 amide bonds. The van der Waals surface area contributed by atoms with Gasteiger partial charge in [0.2, 0.25) is 0 Å². The molecule has 0 bridgehead atoms. The lowest BCUT2D eigenvalue weighted by molar-refractivity contribution is -0.140. The van der Waals surface area contributed by atoms with Crippen LogP contribution in [0.3, 0.4) is 0 Å². The lowest BCUT2D eigenvalue weighted by atomic mass is 9.94. The molecule has 1 aliphatic rings. The van der Waals surface area contributed by atoms with Crippen LogP contribution in [0.5, 0.6) is 0 Å². The predicted molar refractivity (Wildman–Crippen MR) is 119 cm³/mol. The van der Waals surface area contributed by atoms with Crippen molar-refractivity contribution in [3.05, 3.63) is 113 Å². The molecule has 160 valence electrons. The van der Waals surface area contributed by atoms with Crippen LogP contribution >= 0.6 is 0 Å². The molecule has 6 nitrogen and oxygen atoms in total. The number of aliphatic hydroxyl groups is 1. The third-order valence-electron chi connectivity index (χ3n) is 5.43. The Balaban J connectivity index is 1.84. The first-order valence-electron chi connectivity index (χ1n) is 10.1. The van der Waals surface area contributed by atoms with Crippen LogP contribution in [-0.2, 0) is 20.9 Å². The van der Waals surface area contributed by atoms with E-state index in [1.807, 2.05) is 30.3 Å². The molecule has 1 fully saturated rings. The number of nitrogens with zero attached hydrogens (tertiary/aromatic N) is 1. The molecule has 3 aromatic rings. The van der Waals surface area contributed by atoms with E-state index in [1.165, 1.54) is 12.0 Å². The standard InChI is InChI=1S/C26H21NO5/c1-32-26(31)20-14-12-18(13-15-20)22-21(23(28)19-10-6-3-7-11-19)24(29)25(30)27(22)16-17-8-4-2-5-9-17/h2-15,22,28H,16H2,1H3/b23-21+. The summed E-state index contributed by atoms with van der Waals surface area (Å²) in [4.78, 5) is 39.3. The van der Waals surface area contributed by atoms with E-state index < -0.39 is 23.7 Å². The summed E-state index contributed by atoms with van der Waals surface area (Å²) < 4.78 is 4.75. The fourth-order valence-corrected chi connectivity index (χ4v) is 3.84. The molecule has 0 radical (unpaired) electrons. The number of likely N-dealkylation sites (tertiary alicyclic amines) is 1. The highest BCUT2D eigenvalue weighted by Gasteiger charge is 2.46. The molecule has 1 saturated heterocycles. The second-order valence-electron chi connectivity index (χ2n) is 7.39. The Morgan fingerprint density at radius 1 is 0.875 bits per heavy atom. The number of esters is 1. The number of benzene rings is 3. The number of Topliss-reactive ketones (excluding diaryl/α,β-unsaturated/α-hetero) is 1. The monoisotopic (exact) mass is 427 g/mol. The topological polar surface area (TPSA) is 83.9 Å². The second kappa shape index (κ2) is 8.89. The number of ether oxygens (including phenoxy) is 1. The number of methoxy groups -OCH3 is 1. The molecule has 4 rings (SSSR count). The quantitative estimate of drug-likeness (QED) is 0.287. The molecule has 1 N–H and O–H groups in total. The summed E-state index contributed by atoms with van der Waals surface area (Å²) in [6, 6.07) is 23.6. The molecular weight excluding hydrogens is 406 g/mol. The largest absolute Gasteiger partial charge is 0.507 e. The summed E-state index contributed by atoms with van der Waals surface area (Å²) in [5.74, 6) is -2.15. The minimum atomic E-state index is -0.804. The van der Waals surface area contributed by atoms with E-state index in [0.29, 0.717) is 16.7 Å². The van der Waals surface area contributed by atoms with Crippen LogP contribution in [0.15, 0.2) is 90.5 Å². The van der Waals surface area contributed by atoms with Crippen LogP contribution in [0, 0.1) is 0 Å². The van der Waals surface area contributed by atoms with Gasteiger partial charge in [-0.25, -0.2) is 4.79 Å². The van der Waals surface area contributed by atoms with Crippen molar-refractivity contribution >= 4 is 23.4 Å². The maximum absolute atomic E-state index is 13.0. The lowest BCUT2D eigenvalue weighted by Gasteiger charge is -2.25.